The van der Waals surface area contributed by atoms with Gasteiger partial charge in [0, 0.05) is 51.3 Å². The number of ether oxygens (including phenoxy) is 1. The van der Waals surface area contributed by atoms with Crippen molar-refractivity contribution in [2.45, 2.75) is 63.6 Å². The standard InChI is InChI=1S/C32H41N7O9/c1-20-18-36(14-15-37(20)32(46)47)31(45)23(11-12-28(41)42)34-29(43)24-16-27(39(35-24)22-6-3-2-4-7-22)48-19-26(40)38-13-5-8-25(38)30(44)33-17-21-9-10-21/h2-4,6-7,16,20-21,23,25H,5,8-15,17-19H2,1H3,(H,33,44)(H,34,43)(H,41,42)(H,46,47)/t20-,23+,25+/m1/s1. The maximum absolute atomic E-state index is 13.5. The average molecular weight is 668 g/mol. The fourth-order valence-electron chi connectivity index (χ4n) is 5.99. The van der Waals surface area contributed by atoms with Crippen LogP contribution in [0.4, 0.5) is 4.79 Å². The summed E-state index contributed by atoms with van der Waals surface area (Å²) in [6.07, 6.45) is 1.75. The SMILES string of the molecule is C[C@@H]1CN(C(=O)[C@H](CCC(=O)O)NC(=O)c2cc(OCC(=O)N3CCC[C@H]3C(=O)NCC3CC3)n(-c3ccccc3)n2)CCN1C(=O)O. The lowest BCUT2D eigenvalue weighted by molar-refractivity contribution is -0.140. The summed E-state index contributed by atoms with van der Waals surface area (Å²) in [5.74, 6) is -2.44. The fraction of sp³-hybridized carbons (Fsp3) is 0.531. The predicted octanol–water partition coefficient (Wildman–Crippen LogP) is 0.942. The molecule has 48 heavy (non-hydrogen) atoms. The lowest BCUT2D eigenvalue weighted by Crippen LogP contribution is -2.58. The number of carboxylic acid groups (broad SMARTS) is 2. The third-order valence-corrected chi connectivity index (χ3v) is 8.83. The molecule has 4 N–H and O–H groups in total. The number of carbonyl (C=O) groups is 6. The van der Waals surface area contributed by atoms with Crippen LogP contribution >= 0.6 is 0 Å². The first-order chi connectivity index (χ1) is 23.0. The minimum atomic E-state index is -1.22. The van der Waals surface area contributed by atoms with Crippen molar-refractivity contribution in [3.8, 4) is 11.6 Å². The molecular weight excluding hydrogens is 626 g/mol. The monoisotopic (exact) mass is 667 g/mol. The second-order valence-corrected chi connectivity index (χ2v) is 12.4. The number of para-hydroxylation sites is 1. The van der Waals surface area contributed by atoms with E-state index in [0.717, 1.165) is 12.8 Å². The molecule has 1 aromatic carbocycles. The van der Waals surface area contributed by atoms with E-state index in [0.29, 0.717) is 37.5 Å². The van der Waals surface area contributed by atoms with Gasteiger partial charge in [-0.15, -0.1) is 0 Å². The highest BCUT2D eigenvalue weighted by Crippen LogP contribution is 2.28. The number of amides is 5. The van der Waals surface area contributed by atoms with E-state index in [2.05, 4.69) is 15.7 Å². The maximum Gasteiger partial charge on any atom is 0.407 e. The van der Waals surface area contributed by atoms with E-state index in [1.807, 2.05) is 0 Å². The summed E-state index contributed by atoms with van der Waals surface area (Å²) in [6.45, 7) is 2.53. The summed E-state index contributed by atoms with van der Waals surface area (Å²) in [5, 5.41) is 28.6. The van der Waals surface area contributed by atoms with Crippen molar-refractivity contribution in [2.75, 3.05) is 39.3 Å². The Morgan fingerprint density at radius 1 is 1.00 bits per heavy atom. The third-order valence-electron chi connectivity index (χ3n) is 8.83. The Labute approximate surface area is 277 Å². The second-order valence-electron chi connectivity index (χ2n) is 12.4. The van der Waals surface area contributed by atoms with Crippen LogP contribution in [-0.4, -0.2) is 128 Å². The van der Waals surface area contributed by atoms with Gasteiger partial charge in [0.25, 0.3) is 11.8 Å². The first-order valence-corrected chi connectivity index (χ1v) is 16.2. The first kappa shape index (κ1) is 34.2. The molecule has 5 rings (SSSR count). The van der Waals surface area contributed by atoms with Gasteiger partial charge < -0.3 is 40.3 Å². The number of hydrogen-bond acceptors (Lipinski definition) is 8. The largest absolute Gasteiger partial charge is 0.481 e. The van der Waals surface area contributed by atoms with Crippen LogP contribution in [0.15, 0.2) is 36.4 Å². The summed E-state index contributed by atoms with van der Waals surface area (Å²) >= 11 is 0. The Hall–Kier alpha value is -5.15. The topological polar surface area (TPSA) is 204 Å². The molecule has 2 saturated heterocycles. The zero-order valence-electron chi connectivity index (χ0n) is 26.7. The molecule has 0 spiro atoms. The molecule has 3 atom stereocenters. The number of piperazine rings is 1. The van der Waals surface area contributed by atoms with Gasteiger partial charge in [0.1, 0.15) is 12.1 Å². The quantitative estimate of drug-likeness (QED) is 0.238. The van der Waals surface area contributed by atoms with Crippen molar-refractivity contribution in [3.63, 3.8) is 0 Å². The summed E-state index contributed by atoms with van der Waals surface area (Å²) in [7, 11) is 0. The van der Waals surface area contributed by atoms with Gasteiger partial charge >= 0.3 is 12.1 Å². The summed E-state index contributed by atoms with van der Waals surface area (Å²) in [5.41, 5.74) is 0.387. The molecule has 3 heterocycles. The van der Waals surface area contributed by atoms with Crippen LogP contribution in [0.1, 0.15) is 55.9 Å². The Bertz CT molecular complexity index is 1530. The van der Waals surface area contributed by atoms with Crippen LogP contribution in [0.5, 0.6) is 5.88 Å². The summed E-state index contributed by atoms with van der Waals surface area (Å²) in [6, 6.07) is 7.79. The average Bonchev–Trinajstić information content (AvgIpc) is 3.58. The molecule has 0 unspecified atom stereocenters. The molecule has 3 aliphatic rings. The fourth-order valence-corrected chi connectivity index (χ4v) is 5.99. The van der Waals surface area contributed by atoms with Gasteiger partial charge in [0.15, 0.2) is 12.3 Å². The Kier molecular flexibility index (Phi) is 10.8. The highest BCUT2D eigenvalue weighted by molar-refractivity contribution is 5.96. The number of carboxylic acids is 1. The van der Waals surface area contributed by atoms with Crippen molar-refractivity contribution >= 4 is 35.7 Å². The normalized spacial score (nSPS) is 19.8. The van der Waals surface area contributed by atoms with Gasteiger partial charge in [-0.2, -0.15) is 5.10 Å². The number of nitrogens with one attached hydrogen (secondary N) is 2. The molecule has 0 radical (unpaired) electrons. The molecule has 16 nitrogen and oxygen atoms in total. The van der Waals surface area contributed by atoms with Crippen LogP contribution in [0.25, 0.3) is 5.69 Å². The predicted molar refractivity (Wildman–Crippen MR) is 168 cm³/mol. The van der Waals surface area contributed by atoms with Crippen molar-refractivity contribution in [2.24, 2.45) is 5.92 Å². The van der Waals surface area contributed by atoms with E-state index in [9.17, 15) is 39.0 Å². The van der Waals surface area contributed by atoms with Crippen molar-refractivity contribution in [3.05, 3.63) is 42.1 Å². The molecular formula is C32H41N7O9. The molecule has 3 fully saturated rings. The molecule has 0 bridgehead atoms. The lowest BCUT2D eigenvalue weighted by atomic mass is 10.1. The number of aliphatic carboxylic acids is 1. The minimum Gasteiger partial charge on any atom is -0.481 e. The van der Waals surface area contributed by atoms with Crippen LogP contribution < -0.4 is 15.4 Å². The van der Waals surface area contributed by atoms with Gasteiger partial charge in [-0.25, -0.2) is 9.48 Å². The Balaban J connectivity index is 1.29. The smallest absolute Gasteiger partial charge is 0.407 e. The van der Waals surface area contributed by atoms with Crippen LogP contribution in [-0.2, 0) is 19.2 Å². The van der Waals surface area contributed by atoms with E-state index in [4.69, 9.17) is 4.74 Å². The molecule has 1 saturated carbocycles. The van der Waals surface area contributed by atoms with E-state index in [-0.39, 0.29) is 49.4 Å². The van der Waals surface area contributed by atoms with Gasteiger partial charge in [0.2, 0.25) is 17.7 Å². The van der Waals surface area contributed by atoms with Crippen molar-refractivity contribution < 1.29 is 43.7 Å². The second kappa shape index (κ2) is 15.2. The van der Waals surface area contributed by atoms with Crippen LogP contribution in [0, 0.1) is 5.92 Å². The summed E-state index contributed by atoms with van der Waals surface area (Å²) in [4.78, 5) is 80.0. The number of likely N-dealkylation sites (tertiary alicyclic amines) is 1. The number of aromatic nitrogens is 2. The molecule has 2 aromatic rings. The molecule has 2 aliphatic heterocycles. The highest BCUT2D eigenvalue weighted by Gasteiger charge is 2.36. The lowest BCUT2D eigenvalue weighted by Gasteiger charge is -2.39. The van der Waals surface area contributed by atoms with Gasteiger partial charge in [-0.3, -0.25) is 24.0 Å². The van der Waals surface area contributed by atoms with E-state index in [1.54, 1.807) is 37.3 Å². The molecule has 1 aliphatic carbocycles. The van der Waals surface area contributed by atoms with E-state index < -0.39 is 55.0 Å². The maximum atomic E-state index is 13.5. The van der Waals surface area contributed by atoms with Gasteiger partial charge in [-0.05, 0) is 57.1 Å². The number of hydrogen-bond donors (Lipinski definition) is 4. The number of nitrogens with zero attached hydrogens (tertiary/aromatic N) is 5. The van der Waals surface area contributed by atoms with Crippen molar-refractivity contribution in [1.29, 1.82) is 0 Å². The number of benzene rings is 1. The Morgan fingerprint density at radius 2 is 1.75 bits per heavy atom. The van der Waals surface area contributed by atoms with E-state index >= 15 is 0 Å². The van der Waals surface area contributed by atoms with E-state index in [1.165, 1.54) is 25.4 Å². The van der Waals surface area contributed by atoms with Crippen LogP contribution in [0.3, 0.4) is 0 Å². The number of carbonyl (C=O) groups excluding carboxylic acids is 4. The zero-order chi connectivity index (χ0) is 34.4. The number of rotatable bonds is 13. The molecule has 1 aromatic heterocycles. The molecule has 16 heteroatoms. The third kappa shape index (κ3) is 8.41. The van der Waals surface area contributed by atoms with Gasteiger partial charge in [-0.1, -0.05) is 18.2 Å². The summed E-state index contributed by atoms with van der Waals surface area (Å²) < 4.78 is 7.23. The molecule has 5 amide bonds. The highest BCUT2D eigenvalue weighted by atomic mass is 16.5. The Morgan fingerprint density at radius 3 is 2.42 bits per heavy atom. The first-order valence-electron chi connectivity index (χ1n) is 16.2. The minimum absolute atomic E-state index is 0.0701. The zero-order valence-corrected chi connectivity index (χ0v) is 26.7. The van der Waals surface area contributed by atoms with Crippen molar-refractivity contribution in [1.82, 2.24) is 35.1 Å². The van der Waals surface area contributed by atoms with Gasteiger partial charge in [0.05, 0.1) is 5.69 Å². The molecule has 258 valence electrons. The van der Waals surface area contributed by atoms with Crippen LogP contribution in [0.2, 0.25) is 0 Å².